The van der Waals surface area contributed by atoms with E-state index in [1.54, 1.807) is 38.4 Å². The van der Waals surface area contributed by atoms with Gasteiger partial charge in [0.05, 0.1) is 4.90 Å². The van der Waals surface area contributed by atoms with Crippen molar-refractivity contribution in [1.29, 1.82) is 0 Å². The fourth-order valence-electron chi connectivity index (χ4n) is 1.54. The van der Waals surface area contributed by atoms with E-state index in [0.717, 1.165) is 0 Å². The van der Waals surface area contributed by atoms with Crippen molar-refractivity contribution in [2.24, 2.45) is 7.05 Å². The molecule has 0 saturated carbocycles. The molecule has 0 fully saturated rings. The molecule has 1 aromatic carbocycles. The number of rotatable bonds is 3. The molecule has 0 amide bonds. The summed E-state index contributed by atoms with van der Waals surface area (Å²) in [4.78, 5) is 0.153. The molecule has 5 nitrogen and oxygen atoms in total. The minimum atomic E-state index is -3.66. The summed E-state index contributed by atoms with van der Waals surface area (Å²) >= 11 is 5.92. The van der Waals surface area contributed by atoms with Gasteiger partial charge in [-0.25, -0.2) is 8.42 Å². The predicted octanol–water partition coefficient (Wildman–Crippen LogP) is 2.18. The zero-order valence-electron chi connectivity index (χ0n) is 9.88. The molecule has 7 heteroatoms. The lowest BCUT2D eigenvalue weighted by atomic mass is 10.2. The van der Waals surface area contributed by atoms with Crippen LogP contribution in [0.15, 0.2) is 35.4 Å². The van der Waals surface area contributed by atoms with Crippen molar-refractivity contribution >= 4 is 27.4 Å². The Labute approximate surface area is 110 Å². The van der Waals surface area contributed by atoms with E-state index in [4.69, 9.17) is 11.6 Å². The number of benzene rings is 1. The average Bonchev–Trinajstić information content (AvgIpc) is 2.67. The van der Waals surface area contributed by atoms with Crippen molar-refractivity contribution in [2.75, 3.05) is 4.72 Å². The first-order valence-electron chi connectivity index (χ1n) is 5.18. The van der Waals surface area contributed by atoms with Crippen LogP contribution < -0.4 is 4.72 Å². The number of hydrogen-bond donors (Lipinski definition) is 1. The standard InChI is InChI=1S/C11H12ClN3O2S/c1-8-9(12)4-3-5-10(8)18(16,17)14-11-6-7-15(2)13-11/h3-7H,1-2H3,(H,13,14). The van der Waals surface area contributed by atoms with Crippen molar-refractivity contribution in [3.63, 3.8) is 0 Å². The van der Waals surface area contributed by atoms with Gasteiger partial charge in [-0.1, -0.05) is 17.7 Å². The van der Waals surface area contributed by atoms with Gasteiger partial charge in [-0.2, -0.15) is 5.10 Å². The van der Waals surface area contributed by atoms with Crippen molar-refractivity contribution in [1.82, 2.24) is 9.78 Å². The number of anilines is 1. The molecule has 0 aliphatic carbocycles. The maximum Gasteiger partial charge on any atom is 0.263 e. The summed E-state index contributed by atoms with van der Waals surface area (Å²) in [5.41, 5.74) is 0.516. The van der Waals surface area contributed by atoms with Crippen LogP contribution in [-0.2, 0) is 17.1 Å². The lowest BCUT2D eigenvalue weighted by Crippen LogP contribution is -2.14. The number of nitrogens with zero attached hydrogens (tertiary/aromatic N) is 2. The van der Waals surface area contributed by atoms with Crippen molar-refractivity contribution in [3.8, 4) is 0 Å². The largest absolute Gasteiger partial charge is 0.274 e. The molecule has 0 atom stereocenters. The third-order valence-corrected chi connectivity index (χ3v) is 4.37. The van der Waals surface area contributed by atoms with E-state index in [0.29, 0.717) is 10.6 Å². The third-order valence-electron chi connectivity index (χ3n) is 2.46. The number of nitrogens with one attached hydrogen (secondary N) is 1. The Morgan fingerprint density at radius 2 is 2.06 bits per heavy atom. The molecule has 2 rings (SSSR count). The highest BCUT2D eigenvalue weighted by atomic mass is 35.5. The number of hydrogen-bond acceptors (Lipinski definition) is 3. The molecule has 18 heavy (non-hydrogen) atoms. The smallest absolute Gasteiger partial charge is 0.263 e. The first-order chi connectivity index (χ1) is 8.40. The van der Waals surface area contributed by atoms with Crippen molar-refractivity contribution < 1.29 is 8.42 Å². The van der Waals surface area contributed by atoms with Crippen LogP contribution >= 0.6 is 11.6 Å². The van der Waals surface area contributed by atoms with E-state index in [1.165, 1.54) is 10.7 Å². The Bertz CT molecular complexity index is 679. The maximum atomic E-state index is 12.2. The first kappa shape index (κ1) is 12.9. The summed E-state index contributed by atoms with van der Waals surface area (Å²) in [6.45, 7) is 1.66. The molecule has 0 aliphatic heterocycles. The molecule has 2 aromatic rings. The van der Waals surface area contributed by atoms with Gasteiger partial charge in [0, 0.05) is 24.3 Å². The van der Waals surface area contributed by atoms with E-state index < -0.39 is 10.0 Å². The number of halogens is 1. The quantitative estimate of drug-likeness (QED) is 0.940. The van der Waals surface area contributed by atoms with Crippen molar-refractivity contribution in [2.45, 2.75) is 11.8 Å². The van der Waals surface area contributed by atoms with Gasteiger partial charge in [-0.05, 0) is 24.6 Å². The molecule has 0 spiro atoms. The Hall–Kier alpha value is -1.53. The number of sulfonamides is 1. The minimum absolute atomic E-state index is 0.153. The second-order valence-electron chi connectivity index (χ2n) is 3.84. The molecule has 96 valence electrons. The highest BCUT2D eigenvalue weighted by Crippen LogP contribution is 2.24. The van der Waals surface area contributed by atoms with Crippen LogP contribution in [0.5, 0.6) is 0 Å². The molecule has 1 aromatic heterocycles. The average molecular weight is 286 g/mol. The van der Waals surface area contributed by atoms with Crippen LogP contribution in [0.1, 0.15) is 5.56 Å². The predicted molar refractivity (Wildman–Crippen MR) is 70.2 cm³/mol. The lowest BCUT2D eigenvalue weighted by Gasteiger charge is -2.09. The molecule has 1 heterocycles. The molecule has 0 bridgehead atoms. The zero-order valence-corrected chi connectivity index (χ0v) is 11.5. The van der Waals surface area contributed by atoms with Crippen LogP contribution in [0, 0.1) is 6.92 Å². The van der Waals surface area contributed by atoms with E-state index in [-0.39, 0.29) is 10.7 Å². The van der Waals surface area contributed by atoms with E-state index in [9.17, 15) is 8.42 Å². The first-order valence-corrected chi connectivity index (χ1v) is 7.04. The number of aryl methyl sites for hydroxylation is 1. The van der Waals surface area contributed by atoms with Gasteiger partial charge in [0.2, 0.25) is 0 Å². The molecule has 0 radical (unpaired) electrons. The molecule has 0 unspecified atom stereocenters. The van der Waals surface area contributed by atoms with Crippen LogP contribution in [0.4, 0.5) is 5.82 Å². The van der Waals surface area contributed by atoms with Crippen LogP contribution in [-0.4, -0.2) is 18.2 Å². The Morgan fingerprint density at radius 3 is 2.67 bits per heavy atom. The van der Waals surface area contributed by atoms with Crippen LogP contribution in [0.3, 0.4) is 0 Å². The van der Waals surface area contributed by atoms with E-state index >= 15 is 0 Å². The monoisotopic (exact) mass is 285 g/mol. The summed E-state index contributed by atoms with van der Waals surface area (Å²) in [6.07, 6.45) is 1.66. The summed E-state index contributed by atoms with van der Waals surface area (Å²) in [5.74, 6) is 0.275. The van der Waals surface area contributed by atoms with Crippen molar-refractivity contribution in [3.05, 3.63) is 41.0 Å². The second-order valence-corrected chi connectivity index (χ2v) is 5.90. The van der Waals surface area contributed by atoms with Gasteiger partial charge in [-0.3, -0.25) is 9.40 Å². The molecule has 1 N–H and O–H groups in total. The fourth-order valence-corrected chi connectivity index (χ4v) is 3.04. The summed E-state index contributed by atoms with van der Waals surface area (Å²) in [7, 11) is -1.95. The normalized spacial score (nSPS) is 11.5. The number of aromatic nitrogens is 2. The van der Waals surface area contributed by atoms with Gasteiger partial charge in [0.15, 0.2) is 5.82 Å². The summed E-state index contributed by atoms with van der Waals surface area (Å²) < 4.78 is 28.3. The minimum Gasteiger partial charge on any atom is -0.274 e. The molecule has 0 aliphatic rings. The fraction of sp³-hybridized carbons (Fsp3) is 0.182. The van der Waals surface area contributed by atoms with Gasteiger partial charge >= 0.3 is 0 Å². The van der Waals surface area contributed by atoms with Gasteiger partial charge in [0.25, 0.3) is 10.0 Å². The van der Waals surface area contributed by atoms with Crippen LogP contribution in [0.2, 0.25) is 5.02 Å². The SMILES string of the molecule is Cc1c(Cl)cccc1S(=O)(=O)Nc1ccn(C)n1. The van der Waals surface area contributed by atoms with E-state index in [1.807, 2.05) is 0 Å². The lowest BCUT2D eigenvalue weighted by molar-refractivity contribution is 0.600. The van der Waals surface area contributed by atoms with Gasteiger partial charge < -0.3 is 0 Å². The molecular weight excluding hydrogens is 274 g/mol. The van der Waals surface area contributed by atoms with Crippen LogP contribution in [0.25, 0.3) is 0 Å². The maximum absolute atomic E-state index is 12.2. The third kappa shape index (κ3) is 2.49. The highest BCUT2D eigenvalue weighted by molar-refractivity contribution is 7.92. The second kappa shape index (κ2) is 4.62. The summed E-state index contributed by atoms with van der Waals surface area (Å²) in [5, 5.41) is 4.38. The van der Waals surface area contributed by atoms with Gasteiger partial charge in [0.1, 0.15) is 0 Å². The topological polar surface area (TPSA) is 64.0 Å². The highest BCUT2D eigenvalue weighted by Gasteiger charge is 2.18. The summed E-state index contributed by atoms with van der Waals surface area (Å²) in [6, 6.07) is 6.34. The Kier molecular flexibility index (Phi) is 3.32. The van der Waals surface area contributed by atoms with Gasteiger partial charge in [-0.15, -0.1) is 0 Å². The zero-order chi connectivity index (χ0) is 13.3. The molecular formula is C11H12ClN3O2S. The van der Waals surface area contributed by atoms with E-state index in [2.05, 4.69) is 9.82 Å². The Balaban J connectivity index is 2.40. The Morgan fingerprint density at radius 1 is 1.33 bits per heavy atom. The molecule has 0 saturated heterocycles.